The Morgan fingerprint density at radius 1 is 1.30 bits per heavy atom. The average molecular weight is 329 g/mol. The second kappa shape index (κ2) is 7.37. The first-order chi connectivity index (χ1) is 11.2. The molecule has 0 radical (unpaired) electrons. The molecule has 120 valence electrons. The molecule has 1 N–H and O–H groups in total. The van der Waals surface area contributed by atoms with Crippen molar-refractivity contribution in [1.29, 1.82) is 0 Å². The molecule has 0 spiro atoms. The lowest BCUT2D eigenvalue weighted by Crippen LogP contribution is -2.45. The minimum absolute atomic E-state index is 0.000618. The smallest absolute Gasteiger partial charge is 0.263 e. The standard InChI is InChI=1S/C17H19N3O2S/c21-16(19-11-14-6-1-2-8-18-14)13-5-3-9-20(12-13)17(22)15-7-4-10-23-15/h1-2,4,6-8,10,13H,3,5,9,11-12H2,(H,19,21)/t13-/m1/s1. The van der Waals surface area contributed by atoms with E-state index in [-0.39, 0.29) is 17.7 Å². The van der Waals surface area contributed by atoms with Gasteiger partial charge in [0.15, 0.2) is 0 Å². The van der Waals surface area contributed by atoms with Gasteiger partial charge < -0.3 is 10.2 Å². The Kier molecular flexibility index (Phi) is 5.02. The molecule has 2 aromatic heterocycles. The highest BCUT2D eigenvalue weighted by molar-refractivity contribution is 7.12. The maximum absolute atomic E-state index is 12.4. The fourth-order valence-electron chi connectivity index (χ4n) is 2.76. The van der Waals surface area contributed by atoms with Crippen molar-refractivity contribution in [2.45, 2.75) is 19.4 Å². The van der Waals surface area contributed by atoms with E-state index in [0.717, 1.165) is 30.0 Å². The molecule has 1 saturated heterocycles. The molecule has 0 bridgehead atoms. The molecule has 0 unspecified atom stereocenters. The number of hydrogen-bond donors (Lipinski definition) is 1. The molecule has 1 fully saturated rings. The van der Waals surface area contributed by atoms with Crippen LogP contribution in [-0.2, 0) is 11.3 Å². The summed E-state index contributed by atoms with van der Waals surface area (Å²) in [5, 5.41) is 4.82. The van der Waals surface area contributed by atoms with Crippen LogP contribution in [-0.4, -0.2) is 34.8 Å². The van der Waals surface area contributed by atoms with E-state index >= 15 is 0 Å². The summed E-state index contributed by atoms with van der Waals surface area (Å²) in [6, 6.07) is 9.33. The van der Waals surface area contributed by atoms with Crippen molar-refractivity contribution in [3.63, 3.8) is 0 Å². The molecule has 1 atom stereocenters. The van der Waals surface area contributed by atoms with Crippen molar-refractivity contribution in [1.82, 2.24) is 15.2 Å². The number of amides is 2. The molecule has 2 amide bonds. The van der Waals surface area contributed by atoms with Crippen LogP contribution in [0.15, 0.2) is 41.9 Å². The second-order valence-corrected chi connectivity index (χ2v) is 6.55. The second-order valence-electron chi connectivity index (χ2n) is 5.61. The van der Waals surface area contributed by atoms with Gasteiger partial charge in [0.25, 0.3) is 5.91 Å². The van der Waals surface area contributed by atoms with E-state index in [1.165, 1.54) is 11.3 Å². The number of pyridine rings is 1. The number of nitrogens with zero attached hydrogens (tertiary/aromatic N) is 2. The number of likely N-dealkylation sites (tertiary alicyclic amines) is 1. The summed E-state index contributed by atoms with van der Waals surface area (Å²) in [5.41, 5.74) is 0.836. The maximum Gasteiger partial charge on any atom is 0.263 e. The maximum atomic E-state index is 12.4. The van der Waals surface area contributed by atoms with Crippen LogP contribution < -0.4 is 5.32 Å². The van der Waals surface area contributed by atoms with Gasteiger partial charge in [-0.2, -0.15) is 0 Å². The Labute approximate surface area is 139 Å². The summed E-state index contributed by atoms with van der Waals surface area (Å²) < 4.78 is 0. The van der Waals surface area contributed by atoms with E-state index in [1.807, 2.05) is 35.7 Å². The first-order valence-electron chi connectivity index (χ1n) is 7.74. The zero-order valence-electron chi connectivity index (χ0n) is 12.8. The van der Waals surface area contributed by atoms with Crippen molar-refractivity contribution in [2.24, 2.45) is 5.92 Å². The van der Waals surface area contributed by atoms with Crippen LogP contribution in [0.3, 0.4) is 0 Å². The lowest BCUT2D eigenvalue weighted by Gasteiger charge is -2.31. The van der Waals surface area contributed by atoms with Gasteiger partial charge in [0.1, 0.15) is 0 Å². The molecule has 2 aromatic rings. The predicted molar refractivity (Wildman–Crippen MR) is 89.0 cm³/mol. The number of carbonyl (C=O) groups is 2. The Balaban J connectivity index is 1.55. The van der Waals surface area contributed by atoms with Crippen LogP contribution in [0.2, 0.25) is 0 Å². The van der Waals surface area contributed by atoms with Crippen molar-refractivity contribution in [3.05, 3.63) is 52.5 Å². The monoisotopic (exact) mass is 329 g/mol. The van der Waals surface area contributed by atoms with Gasteiger partial charge in [0, 0.05) is 19.3 Å². The largest absolute Gasteiger partial charge is 0.350 e. The van der Waals surface area contributed by atoms with Crippen LogP contribution in [0.4, 0.5) is 0 Å². The number of aromatic nitrogens is 1. The van der Waals surface area contributed by atoms with E-state index in [2.05, 4.69) is 10.3 Å². The third-order valence-corrected chi connectivity index (χ3v) is 4.84. The Morgan fingerprint density at radius 2 is 2.22 bits per heavy atom. The van der Waals surface area contributed by atoms with Crippen molar-refractivity contribution in [2.75, 3.05) is 13.1 Å². The SMILES string of the molecule is O=C(NCc1ccccn1)[C@@H]1CCCN(C(=O)c2cccs2)C1. The summed E-state index contributed by atoms with van der Waals surface area (Å²) in [5.74, 6) is -0.113. The lowest BCUT2D eigenvalue weighted by molar-refractivity contribution is -0.126. The summed E-state index contributed by atoms with van der Waals surface area (Å²) in [6.07, 6.45) is 3.39. The predicted octanol–water partition coefficient (Wildman–Crippen LogP) is 2.31. The summed E-state index contributed by atoms with van der Waals surface area (Å²) >= 11 is 1.44. The summed E-state index contributed by atoms with van der Waals surface area (Å²) in [7, 11) is 0. The normalized spacial score (nSPS) is 17.7. The average Bonchev–Trinajstić information content (AvgIpc) is 3.14. The number of rotatable bonds is 4. The van der Waals surface area contributed by atoms with Crippen molar-refractivity contribution >= 4 is 23.2 Å². The minimum atomic E-state index is -0.142. The van der Waals surface area contributed by atoms with Crippen LogP contribution >= 0.6 is 11.3 Å². The lowest BCUT2D eigenvalue weighted by atomic mass is 9.97. The fraction of sp³-hybridized carbons (Fsp3) is 0.353. The van der Waals surface area contributed by atoms with Gasteiger partial charge in [-0.25, -0.2) is 0 Å². The van der Waals surface area contributed by atoms with Crippen LogP contribution in [0.25, 0.3) is 0 Å². The number of carbonyl (C=O) groups excluding carboxylic acids is 2. The van der Waals surface area contributed by atoms with Gasteiger partial charge in [-0.3, -0.25) is 14.6 Å². The molecule has 1 aliphatic heterocycles. The van der Waals surface area contributed by atoms with Gasteiger partial charge in [-0.15, -0.1) is 11.3 Å². The first-order valence-corrected chi connectivity index (χ1v) is 8.62. The van der Waals surface area contributed by atoms with Gasteiger partial charge in [0.2, 0.25) is 5.91 Å². The molecule has 3 rings (SSSR count). The Morgan fingerprint density at radius 3 is 2.96 bits per heavy atom. The number of piperidine rings is 1. The van der Waals surface area contributed by atoms with E-state index in [0.29, 0.717) is 13.1 Å². The Hall–Kier alpha value is -2.21. The molecule has 0 aliphatic carbocycles. The highest BCUT2D eigenvalue weighted by atomic mass is 32.1. The zero-order valence-corrected chi connectivity index (χ0v) is 13.6. The molecule has 3 heterocycles. The fourth-order valence-corrected chi connectivity index (χ4v) is 3.45. The van der Waals surface area contributed by atoms with E-state index in [9.17, 15) is 9.59 Å². The third kappa shape index (κ3) is 3.96. The van der Waals surface area contributed by atoms with Crippen LogP contribution in [0.1, 0.15) is 28.2 Å². The Bertz CT molecular complexity index is 658. The van der Waals surface area contributed by atoms with Gasteiger partial charge in [0.05, 0.1) is 23.0 Å². The first kappa shape index (κ1) is 15.7. The number of hydrogen-bond acceptors (Lipinski definition) is 4. The summed E-state index contributed by atoms with van der Waals surface area (Å²) in [4.78, 5) is 31.5. The highest BCUT2D eigenvalue weighted by Gasteiger charge is 2.29. The topological polar surface area (TPSA) is 62.3 Å². The van der Waals surface area contributed by atoms with Gasteiger partial charge in [-0.1, -0.05) is 12.1 Å². The number of nitrogens with one attached hydrogen (secondary N) is 1. The minimum Gasteiger partial charge on any atom is -0.350 e. The number of thiophene rings is 1. The summed E-state index contributed by atoms with van der Waals surface area (Å²) in [6.45, 7) is 1.64. The van der Waals surface area contributed by atoms with E-state index in [1.54, 1.807) is 11.1 Å². The highest BCUT2D eigenvalue weighted by Crippen LogP contribution is 2.20. The third-order valence-electron chi connectivity index (χ3n) is 3.98. The van der Waals surface area contributed by atoms with E-state index in [4.69, 9.17) is 0 Å². The molecule has 6 heteroatoms. The van der Waals surface area contributed by atoms with Gasteiger partial charge >= 0.3 is 0 Å². The molecule has 0 saturated carbocycles. The van der Waals surface area contributed by atoms with Crippen molar-refractivity contribution in [3.8, 4) is 0 Å². The quantitative estimate of drug-likeness (QED) is 0.936. The van der Waals surface area contributed by atoms with Gasteiger partial charge in [-0.05, 0) is 36.4 Å². The van der Waals surface area contributed by atoms with Crippen LogP contribution in [0, 0.1) is 5.92 Å². The van der Waals surface area contributed by atoms with Crippen LogP contribution in [0.5, 0.6) is 0 Å². The molecule has 23 heavy (non-hydrogen) atoms. The molecule has 5 nitrogen and oxygen atoms in total. The molecule has 1 aliphatic rings. The zero-order chi connectivity index (χ0) is 16.1. The van der Waals surface area contributed by atoms with E-state index < -0.39 is 0 Å². The molecular formula is C17H19N3O2S. The van der Waals surface area contributed by atoms with Crippen molar-refractivity contribution < 1.29 is 9.59 Å². The molecule has 0 aromatic carbocycles. The molecular weight excluding hydrogens is 310 g/mol.